The van der Waals surface area contributed by atoms with Crippen LogP contribution in [0.25, 0.3) is 0 Å². The number of aliphatic imine (C=N–C) groups is 1. The van der Waals surface area contributed by atoms with Gasteiger partial charge in [-0.15, -0.1) is 0 Å². The molecule has 0 aliphatic rings. The fourth-order valence-electron chi connectivity index (χ4n) is 0.651. The van der Waals surface area contributed by atoms with E-state index in [9.17, 15) is 0 Å². The third-order valence-corrected chi connectivity index (χ3v) is 1.89. The fourth-order valence-corrected chi connectivity index (χ4v) is 1.47. The molecule has 0 saturated carbocycles. The quantitative estimate of drug-likeness (QED) is 0.378. The molecule has 0 rings (SSSR count). The summed E-state index contributed by atoms with van der Waals surface area (Å²) in [6, 6.07) is 0. The van der Waals surface area contributed by atoms with E-state index in [-0.39, 0.29) is 1.43 Å². The van der Waals surface area contributed by atoms with Gasteiger partial charge in [0.2, 0.25) is 9.76 Å². The van der Waals surface area contributed by atoms with Gasteiger partial charge in [-0.05, 0) is 37.6 Å². The zero-order valence-corrected chi connectivity index (χ0v) is 9.68. The molecule has 0 aromatic heterocycles. The summed E-state index contributed by atoms with van der Waals surface area (Å²) in [5.74, 6) is 0. The Morgan fingerprint density at radius 1 is 1.46 bits per heavy atom. The first-order valence-electron chi connectivity index (χ1n) is 3.85. The summed E-state index contributed by atoms with van der Waals surface area (Å²) >= 11 is 0. The van der Waals surface area contributed by atoms with Crippen LogP contribution in [-0.2, 0) is 4.43 Å². The largest absolute Gasteiger partial charge is 0.419 e. The minimum atomic E-state index is -0.768. The standard InChI is InChI=1S/C10H13NOSi.H2/c1-5-6-7-8-10(13-12-4)11-9(2)3;/h1,13H2,2-4H3;1H. The molecule has 0 amide bonds. The average molecular weight is 193 g/mol. The molecule has 2 nitrogen and oxygen atoms in total. The van der Waals surface area contributed by atoms with Gasteiger partial charge >= 0.3 is 0 Å². The van der Waals surface area contributed by atoms with E-state index >= 15 is 0 Å². The maximum Gasteiger partial charge on any atom is 0.222 e. The minimum Gasteiger partial charge on any atom is -0.419 e. The monoisotopic (exact) mass is 193 g/mol. The van der Waals surface area contributed by atoms with Gasteiger partial charge in [-0.2, -0.15) is 0 Å². The molecule has 0 saturated heterocycles. The van der Waals surface area contributed by atoms with Gasteiger partial charge in [-0.25, -0.2) is 0 Å². The Kier molecular flexibility index (Phi) is 6.63. The Balaban J connectivity index is 0. The number of rotatable bonds is 3. The van der Waals surface area contributed by atoms with E-state index in [1.54, 1.807) is 7.11 Å². The predicted octanol–water partition coefficient (Wildman–Crippen LogP) is 1.53. The van der Waals surface area contributed by atoms with Gasteiger partial charge in [0.05, 0.1) is 5.32 Å². The molecule has 0 atom stereocenters. The SMILES string of the molecule is C=C=C=C=C=C(N=C(C)C)[SiH2]OC.[HH]. The highest BCUT2D eigenvalue weighted by Crippen LogP contribution is 1.92. The molecule has 0 spiro atoms. The van der Waals surface area contributed by atoms with Crippen LogP contribution in [0.15, 0.2) is 39.8 Å². The highest BCUT2D eigenvalue weighted by atomic mass is 28.2. The Hall–Kier alpha value is -1.29. The Morgan fingerprint density at radius 3 is 2.62 bits per heavy atom. The summed E-state index contributed by atoms with van der Waals surface area (Å²) in [6.07, 6.45) is 0. The summed E-state index contributed by atoms with van der Waals surface area (Å²) in [6.45, 7) is 7.22. The van der Waals surface area contributed by atoms with Crippen LogP contribution < -0.4 is 0 Å². The van der Waals surface area contributed by atoms with Gasteiger partial charge in [0.15, 0.2) is 0 Å². The average Bonchev–Trinajstić information content (AvgIpc) is 2.04. The summed E-state index contributed by atoms with van der Waals surface area (Å²) in [7, 11) is 0.900. The van der Waals surface area contributed by atoms with Crippen molar-refractivity contribution in [3.63, 3.8) is 0 Å². The van der Waals surface area contributed by atoms with Gasteiger partial charge in [0, 0.05) is 14.2 Å². The molecule has 0 radical (unpaired) electrons. The molecule has 0 aliphatic carbocycles. The highest BCUT2D eigenvalue weighted by molar-refractivity contribution is 6.38. The van der Waals surface area contributed by atoms with Crippen LogP contribution in [0.1, 0.15) is 15.3 Å². The van der Waals surface area contributed by atoms with E-state index in [4.69, 9.17) is 4.43 Å². The topological polar surface area (TPSA) is 21.6 Å². The molecule has 0 heterocycles. The van der Waals surface area contributed by atoms with E-state index in [1.165, 1.54) is 0 Å². The molecule has 0 aromatic carbocycles. The smallest absolute Gasteiger partial charge is 0.222 e. The van der Waals surface area contributed by atoms with Gasteiger partial charge in [-0.3, -0.25) is 4.99 Å². The molecule has 0 N–H and O–H groups in total. The summed E-state index contributed by atoms with van der Waals surface area (Å²) < 4.78 is 5.06. The molecule has 3 heteroatoms. The Morgan fingerprint density at radius 2 is 2.15 bits per heavy atom. The van der Waals surface area contributed by atoms with E-state index in [2.05, 4.69) is 34.5 Å². The maximum atomic E-state index is 5.06. The van der Waals surface area contributed by atoms with Crippen molar-refractivity contribution in [1.82, 2.24) is 0 Å². The second-order valence-corrected chi connectivity index (χ2v) is 4.03. The molecule has 0 aliphatic heterocycles. The van der Waals surface area contributed by atoms with Crippen LogP contribution >= 0.6 is 0 Å². The van der Waals surface area contributed by atoms with Crippen molar-refractivity contribution in [1.29, 1.82) is 0 Å². The number of hydrogen-bond donors (Lipinski definition) is 0. The summed E-state index contributed by atoms with van der Waals surface area (Å²) in [4.78, 5) is 4.25. The molecule has 13 heavy (non-hydrogen) atoms. The third-order valence-electron chi connectivity index (χ3n) is 0.997. The molecule has 0 aromatic rings. The molecule has 0 unspecified atom stereocenters. The molecule has 0 fully saturated rings. The lowest BCUT2D eigenvalue weighted by Gasteiger charge is -1.94. The van der Waals surface area contributed by atoms with E-state index < -0.39 is 9.76 Å². The first kappa shape index (κ1) is 11.7. The van der Waals surface area contributed by atoms with E-state index in [0.29, 0.717) is 0 Å². The minimum absolute atomic E-state index is 0. The highest BCUT2D eigenvalue weighted by Gasteiger charge is 1.92. The number of hydrogen-bond acceptors (Lipinski definition) is 2. The lowest BCUT2D eigenvalue weighted by atomic mass is 10.5. The fraction of sp³-hybridized carbons (Fsp3) is 0.300. The van der Waals surface area contributed by atoms with Crippen LogP contribution in [0.4, 0.5) is 0 Å². The second kappa shape index (κ2) is 7.36. The first-order valence-corrected chi connectivity index (χ1v) is 5.14. The van der Waals surface area contributed by atoms with Crippen LogP contribution in [-0.4, -0.2) is 22.6 Å². The normalized spacial score (nSPS) is 8.23. The van der Waals surface area contributed by atoms with E-state index in [1.807, 2.05) is 13.8 Å². The van der Waals surface area contributed by atoms with Crippen molar-refractivity contribution < 1.29 is 5.85 Å². The van der Waals surface area contributed by atoms with E-state index in [0.717, 1.165) is 11.0 Å². The molecular weight excluding hydrogens is 178 g/mol. The van der Waals surface area contributed by atoms with Gasteiger partial charge in [0.1, 0.15) is 0 Å². The maximum absolute atomic E-state index is 5.06. The summed E-state index contributed by atoms with van der Waals surface area (Å²) in [5.41, 5.74) is 11.5. The van der Waals surface area contributed by atoms with Crippen LogP contribution in [0.3, 0.4) is 0 Å². The first-order chi connectivity index (χ1) is 6.20. The summed E-state index contributed by atoms with van der Waals surface area (Å²) in [5, 5.41) is 0.824. The van der Waals surface area contributed by atoms with Crippen molar-refractivity contribution in [2.45, 2.75) is 13.8 Å². The second-order valence-electron chi connectivity index (χ2n) is 2.49. The van der Waals surface area contributed by atoms with Crippen molar-refractivity contribution in [3.8, 4) is 0 Å². The van der Waals surface area contributed by atoms with Gasteiger partial charge in [0.25, 0.3) is 0 Å². The molecular formula is C10H15NOSi. The van der Waals surface area contributed by atoms with Crippen molar-refractivity contribution in [2.75, 3.05) is 7.11 Å². The number of nitrogens with zero attached hydrogens (tertiary/aromatic N) is 1. The van der Waals surface area contributed by atoms with Gasteiger partial charge < -0.3 is 4.43 Å². The lowest BCUT2D eigenvalue weighted by Crippen LogP contribution is -1.97. The van der Waals surface area contributed by atoms with Crippen molar-refractivity contribution in [2.24, 2.45) is 4.99 Å². The lowest BCUT2D eigenvalue weighted by molar-refractivity contribution is 0.447. The predicted molar refractivity (Wildman–Crippen MR) is 59.6 cm³/mol. The Bertz CT molecular complexity index is 346. The third kappa shape index (κ3) is 7.08. The van der Waals surface area contributed by atoms with Crippen molar-refractivity contribution in [3.05, 3.63) is 34.8 Å². The van der Waals surface area contributed by atoms with Crippen LogP contribution in [0.5, 0.6) is 0 Å². The molecule has 0 bridgehead atoms. The van der Waals surface area contributed by atoms with Crippen molar-refractivity contribution >= 4 is 15.5 Å². The Labute approximate surface area is 82.8 Å². The zero-order valence-electron chi connectivity index (χ0n) is 8.27. The molecule has 70 valence electrons. The zero-order chi connectivity index (χ0) is 10.1. The van der Waals surface area contributed by atoms with Crippen LogP contribution in [0, 0.1) is 0 Å². The van der Waals surface area contributed by atoms with Gasteiger partial charge in [-0.1, -0.05) is 5.73 Å². The van der Waals surface area contributed by atoms with Crippen LogP contribution in [0.2, 0.25) is 0 Å².